The van der Waals surface area contributed by atoms with Crippen LogP contribution in [0, 0.1) is 0 Å². The number of carboxylic acid groups (broad SMARTS) is 1. The van der Waals surface area contributed by atoms with Crippen molar-refractivity contribution >= 4 is 34.7 Å². The van der Waals surface area contributed by atoms with Gasteiger partial charge in [-0.2, -0.15) is 13.2 Å². The minimum Gasteiger partial charge on any atom is -0.478 e. The minimum atomic E-state index is -4.23. The number of carboxylic acids is 1. The monoisotopic (exact) mass is 340 g/mol. The Hall–Kier alpha value is -1.20. The summed E-state index contributed by atoms with van der Waals surface area (Å²) in [5.41, 5.74) is 1.34. The van der Waals surface area contributed by atoms with Gasteiger partial charge >= 0.3 is 12.1 Å². The van der Waals surface area contributed by atoms with E-state index in [1.54, 1.807) is 13.8 Å². The van der Waals surface area contributed by atoms with Crippen LogP contribution in [0.2, 0.25) is 10.0 Å². The molecule has 1 N–H and O–H groups in total. The number of rotatable bonds is 4. The molecule has 1 aromatic rings. The molecule has 0 spiro atoms. The lowest BCUT2D eigenvalue weighted by Crippen LogP contribution is -2.07. The van der Waals surface area contributed by atoms with Gasteiger partial charge in [0.2, 0.25) is 0 Å². The highest BCUT2D eigenvalue weighted by atomic mass is 35.5. The molecule has 0 bridgehead atoms. The molecule has 0 radical (unpaired) electrons. The number of aromatic carboxylic acids is 1. The van der Waals surface area contributed by atoms with E-state index < -0.39 is 18.6 Å². The summed E-state index contributed by atoms with van der Waals surface area (Å²) >= 11 is 11.7. The molecular weight excluding hydrogens is 328 g/mol. The topological polar surface area (TPSA) is 37.3 Å². The normalized spacial score (nSPS) is 13.1. The molecule has 0 aliphatic carbocycles. The van der Waals surface area contributed by atoms with Crippen LogP contribution < -0.4 is 0 Å². The number of benzene rings is 1. The number of allylic oxidation sites excluding steroid dienone is 2. The Morgan fingerprint density at radius 2 is 1.81 bits per heavy atom. The summed E-state index contributed by atoms with van der Waals surface area (Å²) in [5, 5.41) is 9.00. The van der Waals surface area contributed by atoms with Gasteiger partial charge in [0.15, 0.2) is 0 Å². The van der Waals surface area contributed by atoms with Crippen molar-refractivity contribution in [3.63, 3.8) is 0 Å². The van der Waals surface area contributed by atoms with E-state index in [2.05, 4.69) is 0 Å². The Balaban J connectivity index is 3.17. The van der Waals surface area contributed by atoms with Crippen LogP contribution in [0.3, 0.4) is 0 Å². The third kappa shape index (κ3) is 4.93. The molecule has 0 saturated heterocycles. The van der Waals surface area contributed by atoms with Gasteiger partial charge in [0.05, 0.1) is 15.6 Å². The second-order valence-corrected chi connectivity index (χ2v) is 5.43. The molecule has 0 heterocycles. The molecule has 0 atom stereocenters. The van der Waals surface area contributed by atoms with Crippen molar-refractivity contribution in [2.45, 2.75) is 32.9 Å². The third-order valence-electron chi connectivity index (χ3n) is 3.12. The molecule has 116 valence electrons. The van der Waals surface area contributed by atoms with E-state index in [-0.39, 0.29) is 22.0 Å². The Morgan fingerprint density at radius 1 is 1.24 bits per heavy atom. The van der Waals surface area contributed by atoms with Crippen LogP contribution >= 0.6 is 23.2 Å². The van der Waals surface area contributed by atoms with Gasteiger partial charge in [-0.15, -0.1) is 0 Å². The predicted molar refractivity (Wildman–Crippen MR) is 77.0 cm³/mol. The maximum absolute atomic E-state index is 12.2. The van der Waals surface area contributed by atoms with E-state index in [4.69, 9.17) is 28.3 Å². The van der Waals surface area contributed by atoms with E-state index in [0.717, 1.165) is 0 Å². The Bertz CT molecular complexity index is 593. The molecule has 0 fully saturated rings. The zero-order chi connectivity index (χ0) is 16.4. The molecule has 2 nitrogen and oxygen atoms in total. The van der Waals surface area contributed by atoms with Gasteiger partial charge in [0, 0.05) is 6.42 Å². The number of hydrogen-bond donors (Lipinski definition) is 1. The van der Waals surface area contributed by atoms with Crippen molar-refractivity contribution in [2.75, 3.05) is 0 Å². The predicted octanol–water partition coefficient (Wildman–Crippen LogP) is 5.83. The zero-order valence-corrected chi connectivity index (χ0v) is 12.8. The molecule has 0 saturated carbocycles. The van der Waals surface area contributed by atoms with Crippen LogP contribution in [0.25, 0.3) is 5.57 Å². The van der Waals surface area contributed by atoms with E-state index >= 15 is 0 Å². The van der Waals surface area contributed by atoms with Crippen LogP contribution in [0.1, 0.15) is 42.6 Å². The first-order chi connectivity index (χ1) is 9.53. The summed E-state index contributed by atoms with van der Waals surface area (Å²) in [6, 6.07) is 2.76. The zero-order valence-electron chi connectivity index (χ0n) is 11.3. The molecule has 1 aromatic carbocycles. The lowest BCUT2D eigenvalue weighted by Gasteiger charge is -2.12. The van der Waals surface area contributed by atoms with Crippen LogP contribution in [0.5, 0.6) is 0 Å². The van der Waals surface area contributed by atoms with Crippen LogP contribution in [0.15, 0.2) is 17.7 Å². The lowest BCUT2D eigenvalue weighted by atomic mass is 9.97. The molecule has 1 rings (SSSR count). The highest BCUT2D eigenvalue weighted by molar-refractivity contribution is 6.43. The van der Waals surface area contributed by atoms with Crippen molar-refractivity contribution in [3.8, 4) is 0 Å². The summed E-state index contributed by atoms with van der Waals surface area (Å²) in [4.78, 5) is 11.1. The van der Waals surface area contributed by atoms with Crippen molar-refractivity contribution < 1.29 is 23.1 Å². The van der Waals surface area contributed by atoms with E-state index in [9.17, 15) is 18.0 Å². The van der Waals surface area contributed by atoms with E-state index in [1.807, 2.05) is 0 Å². The number of halogens is 5. The highest BCUT2D eigenvalue weighted by Crippen LogP contribution is 2.33. The van der Waals surface area contributed by atoms with Gasteiger partial charge < -0.3 is 5.11 Å². The van der Waals surface area contributed by atoms with Crippen LogP contribution in [0.4, 0.5) is 13.2 Å². The van der Waals surface area contributed by atoms with E-state index in [0.29, 0.717) is 16.7 Å². The van der Waals surface area contributed by atoms with Crippen LogP contribution in [-0.4, -0.2) is 17.3 Å². The fourth-order valence-corrected chi connectivity index (χ4v) is 2.13. The summed E-state index contributed by atoms with van der Waals surface area (Å²) in [6.45, 7) is 3.20. The smallest absolute Gasteiger partial charge is 0.389 e. The molecule has 0 aliphatic heterocycles. The first-order valence-electron chi connectivity index (χ1n) is 5.98. The van der Waals surface area contributed by atoms with Gasteiger partial charge in [-0.1, -0.05) is 28.8 Å². The summed E-state index contributed by atoms with van der Waals surface area (Å²) < 4.78 is 36.7. The molecule has 0 amide bonds. The molecular formula is C14H13Cl2F3O2. The largest absolute Gasteiger partial charge is 0.478 e. The lowest BCUT2D eigenvalue weighted by molar-refractivity contribution is -0.133. The minimum absolute atomic E-state index is 0.0505. The van der Waals surface area contributed by atoms with Gasteiger partial charge in [-0.05, 0) is 43.5 Å². The van der Waals surface area contributed by atoms with Gasteiger partial charge in [0.25, 0.3) is 0 Å². The Morgan fingerprint density at radius 3 is 2.29 bits per heavy atom. The average Bonchev–Trinajstić information content (AvgIpc) is 2.36. The number of alkyl halides is 3. The molecule has 0 aliphatic rings. The van der Waals surface area contributed by atoms with Gasteiger partial charge in [0.1, 0.15) is 0 Å². The summed E-state index contributed by atoms with van der Waals surface area (Å²) in [5.74, 6) is -1.25. The average molecular weight is 341 g/mol. The van der Waals surface area contributed by atoms with Crippen molar-refractivity contribution in [2.24, 2.45) is 0 Å². The fourth-order valence-electron chi connectivity index (χ4n) is 1.72. The first kappa shape index (κ1) is 17.9. The maximum atomic E-state index is 12.2. The molecule has 0 unspecified atom stereocenters. The standard InChI is InChI=1S/C14H13Cl2F3O2/c1-7(3-4-14(17,18)19)8(2)9-5-10(13(20)21)12(16)11(15)6-9/h5-6H,3-4H2,1-2H3,(H,20,21). The number of hydrogen-bond acceptors (Lipinski definition) is 1. The quantitative estimate of drug-likeness (QED) is 0.748. The summed E-state index contributed by atoms with van der Waals surface area (Å²) in [6.07, 6.45) is -5.31. The molecule has 7 heteroatoms. The first-order valence-corrected chi connectivity index (χ1v) is 6.74. The Labute approximate surface area is 130 Å². The van der Waals surface area contributed by atoms with Gasteiger partial charge in [-0.3, -0.25) is 0 Å². The maximum Gasteiger partial charge on any atom is 0.389 e. The number of carbonyl (C=O) groups is 1. The van der Waals surface area contributed by atoms with Crippen molar-refractivity contribution in [1.29, 1.82) is 0 Å². The second kappa shape index (κ2) is 6.71. The SMILES string of the molecule is CC(CCC(F)(F)F)=C(C)c1cc(Cl)c(Cl)c(C(=O)O)c1. The van der Waals surface area contributed by atoms with E-state index in [1.165, 1.54) is 12.1 Å². The highest BCUT2D eigenvalue weighted by Gasteiger charge is 2.26. The fraction of sp³-hybridized carbons (Fsp3) is 0.357. The molecule has 21 heavy (non-hydrogen) atoms. The Kier molecular flexibility index (Phi) is 5.70. The molecule has 0 aromatic heterocycles. The van der Waals surface area contributed by atoms with Crippen molar-refractivity contribution in [3.05, 3.63) is 38.9 Å². The third-order valence-corrected chi connectivity index (χ3v) is 3.92. The summed E-state index contributed by atoms with van der Waals surface area (Å²) in [7, 11) is 0. The van der Waals surface area contributed by atoms with Gasteiger partial charge in [-0.25, -0.2) is 4.79 Å². The van der Waals surface area contributed by atoms with Crippen LogP contribution in [-0.2, 0) is 0 Å². The second-order valence-electron chi connectivity index (χ2n) is 4.65. The van der Waals surface area contributed by atoms with Crippen molar-refractivity contribution in [1.82, 2.24) is 0 Å².